The predicted molar refractivity (Wildman–Crippen MR) is 44.3 cm³/mol. The first kappa shape index (κ1) is 7.56. The van der Waals surface area contributed by atoms with E-state index < -0.39 is 0 Å². The highest BCUT2D eigenvalue weighted by Crippen LogP contribution is 2.50. The van der Waals surface area contributed by atoms with Crippen molar-refractivity contribution >= 4 is 0 Å². The van der Waals surface area contributed by atoms with Crippen LogP contribution in [-0.2, 0) is 4.74 Å². The second-order valence-electron chi connectivity index (χ2n) is 3.95. The Bertz CT molecular complexity index is 136. The highest BCUT2D eigenvalue weighted by atomic mass is 16.5. The molecule has 0 aromatic heterocycles. The first-order valence-corrected chi connectivity index (χ1v) is 4.65. The van der Waals surface area contributed by atoms with Crippen LogP contribution in [0.1, 0.15) is 25.7 Å². The van der Waals surface area contributed by atoms with Gasteiger partial charge in [-0.2, -0.15) is 0 Å². The molecule has 1 saturated carbocycles. The van der Waals surface area contributed by atoms with Crippen LogP contribution in [0.15, 0.2) is 0 Å². The van der Waals surface area contributed by atoms with Crippen LogP contribution < -0.4 is 5.73 Å². The van der Waals surface area contributed by atoms with Gasteiger partial charge in [0.15, 0.2) is 0 Å². The van der Waals surface area contributed by atoms with Gasteiger partial charge in [-0.25, -0.2) is 0 Å². The highest BCUT2D eigenvalue weighted by Gasteiger charge is 2.44. The minimum atomic E-state index is 0.484. The summed E-state index contributed by atoms with van der Waals surface area (Å²) in [6, 6.07) is 0. The van der Waals surface area contributed by atoms with Crippen LogP contribution in [0.5, 0.6) is 0 Å². The van der Waals surface area contributed by atoms with E-state index in [4.69, 9.17) is 10.5 Å². The van der Waals surface area contributed by atoms with Crippen LogP contribution in [0, 0.1) is 11.3 Å². The number of nitrogens with two attached hydrogens (primary N) is 1. The Labute approximate surface area is 68.1 Å². The summed E-state index contributed by atoms with van der Waals surface area (Å²) in [6.07, 6.45) is 5.23. The zero-order valence-electron chi connectivity index (χ0n) is 7.01. The molecule has 2 heteroatoms. The molecule has 0 amide bonds. The molecule has 2 nitrogen and oxygen atoms in total. The van der Waals surface area contributed by atoms with Crippen molar-refractivity contribution in [3.63, 3.8) is 0 Å². The molecule has 0 radical (unpaired) electrons. The fraction of sp³-hybridized carbons (Fsp3) is 1.00. The molecule has 64 valence electrons. The Balaban J connectivity index is 2.01. The topological polar surface area (TPSA) is 35.2 Å². The second-order valence-corrected chi connectivity index (χ2v) is 3.95. The molecule has 1 heterocycles. The van der Waals surface area contributed by atoms with Crippen LogP contribution in [0.2, 0.25) is 0 Å². The fourth-order valence-electron chi connectivity index (χ4n) is 2.25. The standard InChI is InChI=1S/C9H17NO/c10-7-9(8-1-2-8)3-5-11-6-4-9/h8H,1-7,10H2. The summed E-state index contributed by atoms with van der Waals surface area (Å²) in [4.78, 5) is 0. The maximum absolute atomic E-state index is 5.82. The molecule has 0 atom stereocenters. The molecule has 0 unspecified atom stereocenters. The maximum atomic E-state index is 5.82. The van der Waals surface area contributed by atoms with Crippen LogP contribution in [0.3, 0.4) is 0 Å². The first-order valence-electron chi connectivity index (χ1n) is 4.65. The Morgan fingerprint density at radius 2 is 1.91 bits per heavy atom. The van der Waals surface area contributed by atoms with Crippen LogP contribution in [-0.4, -0.2) is 19.8 Å². The van der Waals surface area contributed by atoms with Gasteiger partial charge in [0.2, 0.25) is 0 Å². The van der Waals surface area contributed by atoms with Gasteiger partial charge in [-0.3, -0.25) is 0 Å². The van der Waals surface area contributed by atoms with Crippen LogP contribution >= 0.6 is 0 Å². The minimum absolute atomic E-state index is 0.484. The molecule has 0 aromatic rings. The van der Waals surface area contributed by atoms with Crippen molar-refractivity contribution < 1.29 is 4.74 Å². The Kier molecular flexibility index (Phi) is 1.90. The monoisotopic (exact) mass is 155 g/mol. The number of hydrogen-bond acceptors (Lipinski definition) is 2. The van der Waals surface area contributed by atoms with E-state index in [2.05, 4.69) is 0 Å². The summed E-state index contributed by atoms with van der Waals surface area (Å²) in [6.45, 7) is 2.75. The molecule has 2 N–H and O–H groups in total. The Hall–Kier alpha value is -0.0800. The van der Waals surface area contributed by atoms with Crippen LogP contribution in [0.4, 0.5) is 0 Å². The second kappa shape index (κ2) is 2.76. The lowest BCUT2D eigenvalue weighted by molar-refractivity contribution is 0.00748. The van der Waals surface area contributed by atoms with E-state index in [1.54, 1.807) is 0 Å². The SMILES string of the molecule is NCC1(C2CC2)CCOCC1. The molecular weight excluding hydrogens is 138 g/mol. The Morgan fingerprint density at radius 3 is 2.36 bits per heavy atom. The van der Waals surface area contributed by atoms with Crippen molar-refractivity contribution in [2.24, 2.45) is 17.1 Å². The lowest BCUT2D eigenvalue weighted by atomic mass is 9.76. The molecule has 2 aliphatic rings. The summed E-state index contributed by atoms with van der Waals surface area (Å²) in [5.74, 6) is 0.941. The van der Waals surface area contributed by atoms with E-state index in [0.717, 1.165) is 25.7 Å². The van der Waals surface area contributed by atoms with Gasteiger partial charge in [-0.15, -0.1) is 0 Å². The van der Waals surface area contributed by atoms with Crippen molar-refractivity contribution in [3.8, 4) is 0 Å². The molecule has 0 spiro atoms. The van der Waals surface area contributed by atoms with Crippen molar-refractivity contribution in [2.75, 3.05) is 19.8 Å². The van der Waals surface area contributed by atoms with E-state index in [0.29, 0.717) is 5.41 Å². The molecule has 1 aliphatic heterocycles. The number of rotatable bonds is 2. The molecule has 1 aliphatic carbocycles. The minimum Gasteiger partial charge on any atom is -0.381 e. The van der Waals surface area contributed by atoms with Crippen molar-refractivity contribution in [2.45, 2.75) is 25.7 Å². The first-order chi connectivity index (χ1) is 5.37. The van der Waals surface area contributed by atoms with Crippen molar-refractivity contribution in [1.29, 1.82) is 0 Å². The lowest BCUT2D eigenvalue weighted by Crippen LogP contribution is -2.38. The van der Waals surface area contributed by atoms with E-state index >= 15 is 0 Å². The molecule has 2 fully saturated rings. The average Bonchev–Trinajstić information content (AvgIpc) is 2.88. The van der Waals surface area contributed by atoms with E-state index in [1.807, 2.05) is 0 Å². The smallest absolute Gasteiger partial charge is 0.0471 e. The lowest BCUT2D eigenvalue weighted by Gasteiger charge is -2.36. The molecule has 11 heavy (non-hydrogen) atoms. The highest BCUT2D eigenvalue weighted by molar-refractivity contribution is 4.95. The van der Waals surface area contributed by atoms with E-state index in [9.17, 15) is 0 Å². The van der Waals surface area contributed by atoms with Crippen molar-refractivity contribution in [1.82, 2.24) is 0 Å². The van der Waals surface area contributed by atoms with Gasteiger partial charge in [0.25, 0.3) is 0 Å². The van der Waals surface area contributed by atoms with Gasteiger partial charge in [0, 0.05) is 13.2 Å². The normalized spacial score (nSPS) is 30.3. The van der Waals surface area contributed by atoms with E-state index in [1.165, 1.54) is 25.7 Å². The van der Waals surface area contributed by atoms with Gasteiger partial charge in [0.1, 0.15) is 0 Å². The Morgan fingerprint density at radius 1 is 1.27 bits per heavy atom. The van der Waals surface area contributed by atoms with Gasteiger partial charge in [0.05, 0.1) is 0 Å². The third kappa shape index (κ3) is 1.30. The molecule has 1 saturated heterocycles. The molecular formula is C9H17NO. The number of ether oxygens (including phenoxy) is 1. The molecule has 0 aromatic carbocycles. The third-order valence-electron chi connectivity index (χ3n) is 3.34. The van der Waals surface area contributed by atoms with Crippen LogP contribution in [0.25, 0.3) is 0 Å². The summed E-state index contributed by atoms with van der Waals surface area (Å²) >= 11 is 0. The zero-order chi connectivity index (χ0) is 7.73. The molecule has 2 rings (SSSR count). The largest absolute Gasteiger partial charge is 0.381 e. The maximum Gasteiger partial charge on any atom is 0.0471 e. The molecule has 0 bridgehead atoms. The fourth-order valence-corrected chi connectivity index (χ4v) is 2.25. The van der Waals surface area contributed by atoms with Gasteiger partial charge in [-0.1, -0.05) is 0 Å². The summed E-state index contributed by atoms with van der Waals surface area (Å²) in [7, 11) is 0. The van der Waals surface area contributed by atoms with Gasteiger partial charge >= 0.3 is 0 Å². The summed E-state index contributed by atoms with van der Waals surface area (Å²) in [5.41, 5.74) is 6.31. The van der Waals surface area contributed by atoms with E-state index in [-0.39, 0.29) is 0 Å². The predicted octanol–water partition coefficient (Wildman–Crippen LogP) is 1.15. The summed E-state index contributed by atoms with van der Waals surface area (Å²) < 4.78 is 5.35. The van der Waals surface area contributed by atoms with Gasteiger partial charge < -0.3 is 10.5 Å². The quantitative estimate of drug-likeness (QED) is 0.649. The third-order valence-corrected chi connectivity index (χ3v) is 3.34. The summed E-state index contributed by atoms with van der Waals surface area (Å²) in [5, 5.41) is 0. The zero-order valence-corrected chi connectivity index (χ0v) is 7.01. The van der Waals surface area contributed by atoms with Crippen molar-refractivity contribution in [3.05, 3.63) is 0 Å². The van der Waals surface area contributed by atoms with Gasteiger partial charge in [-0.05, 0) is 43.6 Å². The average molecular weight is 155 g/mol. The number of hydrogen-bond donors (Lipinski definition) is 1.